The minimum absolute atomic E-state index is 0.0837. The largest absolute Gasteiger partial charge is 0.481 e. The van der Waals surface area contributed by atoms with Gasteiger partial charge in [0.2, 0.25) is 5.88 Å². The summed E-state index contributed by atoms with van der Waals surface area (Å²) in [5.41, 5.74) is 4.25. The Bertz CT molecular complexity index is 708. The Morgan fingerprint density at radius 1 is 1.08 bits per heavy atom. The molecule has 6 nitrogen and oxygen atoms in total. The number of benzene rings is 1. The topological polar surface area (TPSA) is 69.7 Å². The predicted molar refractivity (Wildman–Crippen MR) is 94.8 cm³/mol. The quantitative estimate of drug-likeness (QED) is 0.742. The van der Waals surface area contributed by atoms with Crippen LogP contribution >= 0.6 is 0 Å². The maximum Gasteiger partial charge on any atom is 0.343 e. The Labute approximate surface area is 148 Å². The minimum atomic E-state index is -0.391. The summed E-state index contributed by atoms with van der Waals surface area (Å²) in [7, 11) is 2.95. The maximum atomic E-state index is 11.2. The minimum Gasteiger partial charge on any atom is -0.481 e. The van der Waals surface area contributed by atoms with Crippen molar-refractivity contribution in [1.82, 2.24) is 10.3 Å². The van der Waals surface area contributed by atoms with Gasteiger partial charge in [-0.2, -0.15) is 0 Å². The third-order valence-electron chi connectivity index (χ3n) is 3.75. The summed E-state index contributed by atoms with van der Waals surface area (Å²) in [5.74, 6) is 0.948. The van der Waals surface area contributed by atoms with Gasteiger partial charge in [-0.1, -0.05) is 12.1 Å². The van der Waals surface area contributed by atoms with E-state index >= 15 is 0 Å². The third kappa shape index (κ3) is 5.46. The molecule has 0 aliphatic carbocycles. The number of nitrogens with zero attached hydrogens (tertiary/aromatic N) is 1. The molecule has 0 atom stereocenters. The molecule has 1 aromatic heterocycles. The van der Waals surface area contributed by atoms with Gasteiger partial charge >= 0.3 is 5.97 Å². The molecular weight excluding hydrogens is 320 g/mol. The molecule has 134 valence electrons. The van der Waals surface area contributed by atoms with E-state index in [4.69, 9.17) is 9.47 Å². The smallest absolute Gasteiger partial charge is 0.343 e. The monoisotopic (exact) mass is 344 g/mol. The van der Waals surface area contributed by atoms with Gasteiger partial charge in [-0.3, -0.25) is 0 Å². The van der Waals surface area contributed by atoms with E-state index in [-0.39, 0.29) is 6.61 Å². The molecule has 0 aliphatic rings. The van der Waals surface area contributed by atoms with E-state index in [0.717, 1.165) is 41.1 Å². The average molecular weight is 344 g/mol. The summed E-state index contributed by atoms with van der Waals surface area (Å²) < 4.78 is 15.3. The zero-order chi connectivity index (χ0) is 18.2. The average Bonchev–Trinajstić information content (AvgIpc) is 2.61. The normalized spacial score (nSPS) is 10.4. The van der Waals surface area contributed by atoms with Crippen LogP contribution in [0, 0.1) is 13.8 Å². The molecule has 1 aromatic carbocycles. The lowest BCUT2D eigenvalue weighted by atomic mass is 10.1. The van der Waals surface area contributed by atoms with Crippen molar-refractivity contribution in [2.24, 2.45) is 0 Å². The summed E-state index contributed by atoms with van der Waals surface area (Å²) in [6, 6.07) is 7.97. The molecule has 0 aliphatic heterocycles. The number of ether oxygens (including phenoxy) is 3. The number of carbonyl (C=O) groups is 1. The van der Waals surface area contributed by atoms with Crippen molar-refractivity contribution in [1.29, 1.82) is 0 Å². The first-order valence-electron chi connectivity index (χ1n) is 8.03. The van der Waals surface area contributed by atoms with Gasteiger partial charge in [-0.05, 0) is 42.2 Å². The molecule has 1 heterocycles. The van der Waals surface area contributed by atoms with Crippen LogP contribution in [0.5, 0.6) is 11.6 Å². The molecule has 0 radical (unpaired) electrons. The van der Waals surface area contributed by atoms with Crippen molar-refractivity contribution >= 4 is 5.97 Å². The molecule has 1 N–H and O–H groups in total. The Morgan fingerprint density at radius 3 is 2.40 bits per heavy atom. The molecule has 0 bridgehead atoms. The van der Waals surface area contributed by atoms with Crippen molar-refractivity contribution in [3.63, 3.8) is 0 Å². The Balaban J connectivity index is 1.95. The molecule has 2 rings (SSSR count). The van der Waals surface area contributed by atoms with E-state index < -0.39 is 5.97 Å². The highest BCUT2D eigenvalue weighted by Crippen LogP contribution is 2.25. The summed E-state index contributed by atoms with van der Waals surface area (Å²) in [5, 5.41) is 3.40. The lowest BCUT2D eigenvalue weighted by Gasteiger charge is -2.14. The Hall–Kier alpha value is -2.60. The van der Waals surface area contributed by atoms with Gasteiger partial charge in [0.15, 0.2) is 6.61 Å². The van der Waals surface area contributed by atoms with Gasteiger partial charge in [0.1, 0.15) is 5.75 Å². The SMILES string of the molecule is COC(=O)COc1c(C)cc(CNCc2ccnc(OC)c2)cc1C. The lowest BCUT2D eigenvalue weighted by Crippen LogP contribution is -2.15. The number of esters is 1. The maximum absolute atomic E-state index is 11.2. The van der Waals surface area contributed by atoms with Crippen LogP contribution in [-0.4, -0.2) is 31.8 Å². The number of rotatable bonds is 8. The van der Waals surface area contributed by atoms with Crippen LogP contribution in [0.15, 0.2) is 30.5 Å². The lowest BCUT2D eigenvalue weighted by molar-refractivity contribution is -0.142. The molecule has 0 saturated heterocycles. The summed E-state index contributed by atoms with van der Waals surface area (Å²) in [6.45, 7) is 5.30. The summed E-state index contributed by atoms with van der Waals surface area (Å²) in [4.78, 5) is 15.3. The van der Waals surface area contributed by atoms with Gasteiger partial charge in [-0.15, -0.1) is 0 Å². The van der Waals surface area contributed by atoms with Crippen molar-refractivity contribution in [3.8, 4) is 11.6 Å². The first kappa shape index (κ1) is 18.7. The van der Waals surface area contributed by atoms with Crippen LogP contribution in [0.25, 0.3) is 0 Å². The predicted octanol–water partition coefficient (Wildman–Crippen LogP) is 2.55. The second kappa shape index (κ2) is 9.03. The van der Waals surface area contributed by atoms with E-state index in [0.29, 0.717) is 5.88 Å². The van der Waals surface area contributed by atoms with E-state index in [1.807, 2.05) is 26.0 Å². The van der Waals surface area contributed by atoms with Crippen molar-refractivity contribution in [2.45, 2.75) is 26.9 Å². The fourth-order valence-corrected chi connectivity index (χ4v) is 2.58. The van der Waals surface area contributed by atoms with Crippen LogP contribution in [0.4, 0.5) is 0 Å². The van der Waals surface area contributed by atoms with E-state index in [1.54, 1.807) is 13.3 Å². The highest BCUT2D eigenvalue weighted by molar-refractivity contribution is 5.71. The van der Waals surface area contributed by atoms with Crippen molar-refractivity contribution in [2.75, 3.05) is 20.8 Å². The van der Waals surface area contributed by atoms with Gasteiger partial charge in [0, 0.05) is 25.4 Å². The van der Waals surface area contributed by atoms with E-state index in [9.17, 15) is 4.79 Å². The van der Waals surface area contributed by atoms with Gasteiger partial charge in [-0.25, -0.2) is 9.78 Å². The van der Waals surface area contributed by atoms with Gasteiger partial charge in [0.25, 0.3) is 0 Å². The molecule has 2 aromatic rings. The van der Waals surface area contributed by atoms with E-state index in [1.165, 1.54) is 7.11 Å². The standard InChI is InChI=1S/C19H24N2O4/c1-13-7-16(8-14(2)19(13)25-12-18(22)24-4)11-20-10-15-5-6-21-17(9-15)23-3/h5-9,20H,10-12H2,1-4H3. The number of aromatic nitrogens is 1. The second-order valence-electron chi connectivity index (χ2n) is 5.73. The molecule has 0 spiro atoms. The van der Waals surface area contributed by atoms with Crippen molar-refractivity contribution < 1.29 is 19.0 Å². The zero-order valence-electron chi connectivity index (χ0n) is 15.1. The molecule has 6 heteroatoms. The number of methoxy groups -OCH3 is 2. The Morgan fingerprint density at radius 2 is 1.76 bits per heavy atom. The molecule has 0 fully saturated rings. The highest BCUT2D eigenvalue weighted by Gasteiger charge is 2.09. The van der Waals surface area contributed by atoms with Gasteiger partial charge in [0.05, 0.1) is 14.2 Å². The zero-order valence-corrected chi connectivity index (χ0v) is 15.1. The van der Waals surface area contributed by atoms with Crippen LogP contribution in [0.2, 0.25) is 0 Å². The van der Waals surface area contributed by atoms with Crippen molar-refractivity contribution in [3.05, 3.63) is 52.7 Å². The number of carbonyl (C=O) groups excluding carboxylic acids is 1. The number of aryl methyl sites for hydroxylation is 2. The first-order valence-corrected chi connectivity index (χ1v) is 8.03. The van der Waals surface area contributed by atoms with Crippen LogP contribution < -0.4 is 14.8 Å². The summed E-state index contributed by atoms with van der Waals surface area (Å²) >= 11 is 0. The highest BCUT2D eigenvalue weighted by atomic mass is 16.6. The van der Waals surface area contributed by atoms with Crippen LogP contribution in [-0.2, 0) is 22.6 Å². The van der Waals surface area contributed by atoms with Crippen LogP contribution in [0.1, 0.15) is 22.3 Å². The second-order valence-corrected chi connectivity index (χ2v) is 5.73. The molecule has 0 unspecified atom stereocenters. The first-order chi connectivity index (χ1) is 12.0. The fraction of sp³-hybridized carbons (Fsp3) is 0.368. The van der Waals surface area contributed by atoms with Crippen LogP contribution in [0.3, 0.4) is 0 Å². The number of hydrogen-bond donors (Lipinski definition) is 1. The number of hydrogen-bond acceptors (Lipinski definition) is 6. The summed E-state index contributed by atoms with van der Waals surface area (Å²) in [6.07, 6.45) is 1.73. The number of nitrogens with one attached hydrogen (secondary N) is 1. The fourth-order valence-electron chi connectivity index (χ4n) is 2.58. The van der Waals surface area contributed by atoms with Gasteiger partial charge < -0.3 is 19.5 Å². The molecular formula is C19H24N2O4. The third-order valence-corrected chi connectivity index (χ3v) is 3.75. The van der Waals surface area contributed by atoms with E-state index in [2.05, 4.69) is 27.2 Å². The number of pyridine rings is 1. The molecule has 0 amide bonds. The molecule has 25 heavy (non-hydrogen) atoms. The molecule has 0 saturated carbocycles. The Kier molecular flexibility index (Phi) is 6.77.